The number of sulfonamides is 1. The molecule has 7 nitrogen and oxygen atoms in total. The molecule has 9 heteroatoms. The zero-order valence-electron chi connectivity index (χ0n) is 15.3. The molecule has 0 bridgehead atoms. The normalized spacial score (nSPS) is 10.9. The molecule has 0 atom stereocenters. The van der Waals surface area contributed by atoms with Crippen LogP contribution in [-0.2, 0) is 10.0 Å². The highest BCUT2D eigenvalue weighted by molar-refractivity contribution is 7.92. The fourth-order valence-corrected chi connectivity index (χ4v) is 3.66. The van der Waals surface area contributed by atoms with E-state index in [0.717, 1.165) is 5.69 Å². The van der Waals surface area contributed by atoms with Crippen LogP contribution in [0.2, 0.25) is 0 Å². The quantitative estimate of drug-likeness (QED) is 0.549. The average molecular weight is 414 g/mol. The number of hydrogen-bond acceptors (Lipinski definition) is 5. The van der Waals surface area contributed by atoms with Gasteiger partial charge in [0.1, 0.15) is 0 Å². The first-order valence-electron chi connectivity index (χ1n) is 8.40. The molecule has 1 heterocycles. The lowest BCUT2D eigenvalue weighted by atomic mass is 10.3. The molecular formula is C19H19N5O2S2. The number of hydrogen-bond donors (Lipinski definition) is 3. The molecule has 0 aliphatic carbocycles. The van der Waals surface area contributed by atoms with Crippen molar-refractivity contribution in [1.82, 2.24) is 9.97 Å². The predicted molar refractivity (Wildman–Crippen MR) is 115 cm³/mol. The molecular weight excluding hydrogens is 394 g/mol. The summed E-state index contributed by atoms with van der Waals surface area (Å²) in [7, 11) is -3.79. The fourth-order valence-electron chi connectivity index (χ4n) is 2.48. The third-order valence-electron chi connectivity index (χ3n) is 3.66. The molecule has 3 aromatic rings. The number of aromatic nitrogens is 2. The molecule has 0 aliphatic rings. The van der Waals surface area contributed by atoms with Crippen LogP contribution in [0.3, 0.4) is 0 Å². The first-order valence-corrected chi connectivity index (χ1v) is 10.3. The van der Waals surface area contributed by atoms with Gasteiger partial charge in [0, 0.05) is 22.8 Å². The second-order valence-corrected chi connectivity index (χ2v) is 8.14. The number of aryl methyl sites for hydroxylation is 2. The molecule has 0 unspecified atom stereocenters. The van der Waals surface area contributed by atoms with Crippen molar-refractivity contribution in [3.05, 3.63) is 72.1 Å². The molecule has 0 saturated carbocycles. The van der Waals surface area contributed by atoms with Gasteiger partial charge in [0.15, 0.2) is 5.11 Å². The largest absolute Gasteiger partial charge is 0.332 e. The van der Waals surface area contributed by atoms with Crippen LogP contribution < -0.4 is 15.4 Å². The van der Waals surface area contributed by atoms with Crippen LogP contribution in [-0.4, -0.2) is 23.5 Å². The highest BCUT2D eigenvalue weighted by atomic mass is 32.2. The van der Waals surface area contributed by atoms with E-state index in [4.69, 9.17) is 12.2 Å². The van der Waals surface area contributed by atoms with Gasteiger partial charge in [0.25, 0.3) is 10.0 Å². The summed E-state index contributed by atoms with van der Waals surface area (Å²) in [5.41, 5.74) is 2.89. The second kappa shape index (κ2) is 8.32. The first kappa shape index (κ1) is 19.7. The maximum atomic E-state index is 12.5. The molecule has 0 spiro atoms. The van der Waals surface area contributed by atoms with E-state index in [-0.39, 0.29) is 10.8 Å². The Hall–Kier alpha value is -3.04. The molecule has 0 fully saturated rings. The summed E-state index contributed by atoms with van der Waals surface area (Å²) in [6, 6.07) is 17.5. The summed E-state index contributed by atoms with van der Waals surface area (Å²) in [5, 5.41) is 6.47. The van der Waals surface area contributed by atoms with E-state index in [1.165, 1.54) is 12.1 Å². The van der Waals surface area contributed by atoms with Crippen LogP contribution in [0.15, 0.2) is 65.6 Å². The van der Waals surface area contributed by atoms with Gasteiger partial charge in [-0.1, -0.05) is 18.2 Å². The van der Waals surface area contributed by atoms with E-state index in [9.17, 15) is 8.42 Å². The van der Waals surface area contributed by atoms with Gasteiger partial charge in [-0.05, 0) is 68.5 Å². The first-order chi connectivity index (χ1) is 13.3. The van der Waals surface area contributed by atoms with Crippen LogP contribution in [0.5, 0.6) is 0 Å². The summed E-state index contributed by atoms with van der Waals surface area (Å²) in [4.78, 5) is 8.30. The average Bonchev–Trinajstić information content (AvgIpc) is 2.61. The zero-order valence-corrected chi connectivity index (χ0v) is 16.9. The minimum Gasteiger partial charge on any atom is -0.332 e. The molecule has 0 radical (unpaired) electrons. The third-order valence-corrected chi connectivity index (χ3v) is 5.21. The standard InChI is InChI=1S/C19H19N5O2S2/c1-13-12-14(2)21-18(20-13)24-28(25,26)17-10-8-16(9-11-17)23-19(27)22-15-6-4-3-5-7-15/h3-12H,1-2H3,(H,20,21,24)(H2,22,23,27). The summed E-state index contributed by atoms with van der Waals surface area (Å²) < 4.78 is 27.5. The number of nitrogens with zero attached hydrogens (tertiary/aromatic N) is 2. The minimum absolute atomic E-state index is 0.0490. The zero-order chi connectivity index (χ0) is 20.1. The molecule has 28 heavy (non-hydrogen) atoms. The Morgan fingerprint density at radius 2 is 1.39 bits per heavy atom. The molecule has 3 rings (SSSR count). The Morgan fingerprint density at radius 1 is 0.857 bits per heavy atom. The van der Waals surface area contributed by atoms with E-state index in [2.05, 4.69) is 25.3 Å². The minimum atomic E-state index is -3.79. The highest BCUT2D eigenvalue weighted by Crippen LogP contribution is 2.17. The fraction of sp³-hybridized carbons (Fsp3) is 0.105. The Morgan fingerprint density at radius 3 is 1.96 bits per heavy atom. The van der Waals surface area contributed by atoms with Gasteiger partial charge in [0.2, 0.25) is 5.95 Å². The predicted octanol–water partition coefficient (Wildman–Crippen LogP) is 3.70. The van der Waals surface area contributed by atoms with Crippen molar-refractivity contribution in [2.24, 2.45) is 0 Å². The van der Waals surface area contributed by atoms with Crippen molar-refractivity contribution in [2.75, 3.05) is 15.4 Å². The molecule has 0 amide bonds. The van der Waals surface area contributed by atoms with Crippen LogP contribution in [0.4, 0.5) is 17.3 Å². The summed E-state index contributed by atoms with van der Waals surface area (Å²) in [6.45, 7) is 3.55. The van der Waals surface area contributed by atoms with Gasteiger partial charge in [-0.3, -0.25) is 0 Å². The van der Waals surface area contributed by atoms with Gasteiger partial charge < -0.3 is 10.6 Å². The lowest BCUT2D eigenvalue weighted by molar-refractivity contribution is 0.601. The van der Waals surface area contributed by atoms with Crippen molar-refractivity contribution in [3.63, 3.8) is 0 Å². The lowest BCUT2D eigenvalue weighted by Crippen LogP contribution is -2.19. The van der Waals surface area contributed by atoms with E-state index in [1.54, 1.807) is 32.0 Å². The number of benzene rings is 2. The monoisotopic (exact) mass is 413 g/mol. The van der Waals surface area contributed by atoms with Crippen molar-refractivity contribution in [2.45, 2.75) is 18.7 Å². The summed E-state index contributed by atoms with van der Waals surface area (Å²) in [6.07, 6.45) is 0. The third kappa shape index (κ3) is 5.24. The summed E-state index contributed by atoms with van der Waals surface area (Å²) >= 11 is 5.27. The summed E-state index contributed by atoms with van der Waals surface area (Å²) in [5.74, 6) is 0.0490. The number of rotatable bonds is 5. The number of anilines is 3. The van der Waals surface area contributed by atoms with E-state index in [0.29, 0.717) is 22.2 Å². The second-order valence-electron chi connectivity index (χ2n) is 6.05. The van der Waals surface area contributed by atoms with Crippen molar-refractivity contribution >= 4 is 44.7 Å². The molecule has 0 aliphatic heterocycles. The molecule has 3 N–H and O–H groups in total. The highest BCUT2D eigenvalue weighted by Gasteiger charge is 2.16. The molecule has 2 aromatic carbocycles. The Kier molecular flexibility index (Phi) is 5.86. The Bertz CT molecular complexity index is 1060. The van der Waals surface area contributed by atoms with Gasteiger partial charge in [-0.25, -0.2) is 23.1 Å². The van der Waals surface area contributed by atoms with Crippen molar-refractivity contribution < 1.29 is 8.42 Å². The maximum absolute atomic E-state index is 12.5. The number of nitrogens with one attached hydrogen (secondary N) is 3. The van der Waals surface area contributed by atoms with Gasteiger partial charge in [0.05, 0.1) is 4.90 Å². The molecule has 144 valence electrons. The van der Waals surface area contributed by atoms with E-state index < -0.39 is 10.0 Å². The van der Waals surface area contributed by atoms with Crippen molar-refractivity contribution in [1.29, 1.82) is 0 Å². The molecule has 1 aromatic heterocycles. The topological polar surface area (TPSA) is 96.0 Å². The van der Waals surface area contributed by atoms with Crippen LogP contribution in [0.25, 0.3) is 0 Å². The lowest BCUT2D eigenvalue weighted by Gasteiger charge is -2.11. The Labute approximate surface area is 169 Å². The van der Waals surface area contributed by atoms with Crippen LogP contribution in [0, 0.1) is 13.8 Å². The van der Waals surface area contributed by atoms with Crippen LogP contribution >= 0.6 is 12.2 Å². The van der Waals surface area contributed by atoms with Crippen molar-refractivity contribution in [3.8, 4) is 0 Å². The van der Waals surface area contributed by atoms with E-state index in [1.807, 2.05) is 30.3 Å². The van der Waals surface area contributed by atoms with Gasteiger partial charge in [-0.15, -0.1) is 0 Å². The van der Waals surface area contributed by atoms with E-state index >= 15 is 0 Å². The number of para-hydroxylation sites is 1. The SMILES string of the molecule is Cc1cc(C)nc(NS(=O)(=O)c2ccc(NC(=S)Nc3ccccc3)cc2)n1. The van der Waals surface area contributed by atoms with Crippen LogP contribution in [0.1, 0.15) is 11.4 Å². The maximum Gasteiger partial charge on any atom is 0.264 e. The Balaban J connectivity index is 1.68. The smallest absolute Gasteiger partial charge is 0.264 e. The van der Waals surface area contributed by atoms with Gasteiger partial charge >= 0.3 is 0 Å². The van der Waals surface area contributed by atoms with Gasteiger partial charge in [-0.2, -0.15) is 0 Å². The molecule has 0 saturated heterocycles. The number of thiocarbonyl (C=S) groups is 1.